The molecule has 0 aromatic heterocycles. The van der Waals surface area contributed by atoms with Crippen LogP contribution in [0.15, 0.2) is 24.3 Å². The first-order valence-corrected chi connectivity index (χ1v) is 9.66. The first kappa shape index (κ1) is 20.3. The van der Waals surface area contributed by atoms with Gasteiger partial charge in [-0.1, -0.05) is 46.9 Å². The van der Waals surface area contributed by atoms with Crippen molar-refractivity contribution in [3.63, 3.8) is 0 Å². The Morgan fingerprint density at radius 2 is 1.88 bits per heavy atom. The molecule has 2 N–H and O–H groups in total. The zero-order chi connectivity index (χ0) is 17.7. The van der Waals surface area contributed by atoms with Crippen molar-refractivity contribution in [2.45, 2.75) is 9.96 Å². The smallest absolute Gasteiger partial charge is 0.254 e. The number of carbonyl (C=O) groups is 1. The van der Waals surface area contributed by atoms with E-state index in [0.717, 1.165) is 3.57 Å². The highest BCUT2D eigenvalue weighted by atomic mass is 127. The predicted octanol–water partition coefficient (Wildman–Crippen LogP) is 2.92. The van der Waals surface area contributed by atoms with Gasteiger partial charge in [-0.3, -0.25) is 4.79 Å². The van der Waals surface area contributed by atoms with Crippen LogP contribution in [0, 0.1) is 3.57 Å². The van der Waals surface area contributed by atoms with Gasteiger partial charge in [-0.05, 0) is 46.9 Å². The van der Waals surface area contributed by atoms with Crippen molar-refractivity contribution < 1.29 is 9.53 Å². The maximum absolute atomic E-state index is 12.5. The van der Waals surface area contributed by atoms with Crippen molar-refractivity contribution in [1.29, 1.82) is 0 Å². The molecule has 0 aliphatic carbocycles. The van der Waals surface area contributed by atoms with Gasteiger partial charge in [0, 0.05) is 16.7 Å². The van der Waals surface area contributed by atoms with Gasteiger partial charge in [-0.2, -0.15) is 0 Å². The summed E-state index contributed by atoms with van der Waals surface area (Å²) in [5.41, 5.74) is 0.497. The summed E-state index contributed by atoms with van der Waals surface area (Å²) in [5, 5.41) is 6.01. The molecule has 1 aromatic rings. The Morgan fingerprint density at radius 3 is 2.46 bits per heavy atom. The molecular weight excluding hydrogens is 508 g/mol. The third-order valence-corrected chi connectivity index (χ3v) is 5.26. The molecule has 2 rings (SSSR count). The van der Waals surface area contributed by atoms with Crippen molar-refractivity contribution in [3.05, 3.63) is 33.4 Å². The number of thiocarbonyl (C=S) groups is 1. The Kier molecular flexibility index (Phi) is 7.63. The zero-order valence-corrected chi connectivity index (χ0v) is 17.6. The molecule has 0 spiro atoms. The number of benzene rings is 1. The summed E-state index contributed by atoms with van der Waals surface area (Å²) < 4.78 is 4.31. The van der Waals surface area contributed by atoms with Gasteiger partial charge >= 0.3 is 0 Å². The van der Waals surface area contributed by atoms with Crippen molar-refractivity contribution >= 4 is 80.6 Å². The number of alkyl halides is 3. The Balaban J connectivity index is 2.07. The number of amides is 1. The highest BCUT2D eigenvalue weighted by Crippen LogP contribution is 2.29. The molecule has 0 saturated carbocycles. The van der Waals surface area contributed by atoms with Crippen LogP contribution in [-0.2, 0) is 4.74 Å². The van der Waals surface area contributed by atoms with Gasteiger partial charge in [0.1, 0.15) is 6.17 Å². The van der Waals surface area contributed by atoms with Crippen LogP contribution in [0.4, 0.5) is 0 Å². The molecule has 0 radical (unpaired) electrons. The highest BCUT2D eigenvalue weighted by Gasteiger charge is 2.35. The van der Waals surface area contributed by atoms with E-state index in [-0.39, 0.29) is 5.91 Å². The normalized spacial score (nSPS) is 16.4. The van der Waals surface area contributed by atoms with E-state index in [2.05, 4.69) is 33.2 Å². The second kappa shape index (κ2) is 9.05. The number of hydrogen-bond acceptors (Lipinski definition) is 3. The number of nitrogens with zero attached hydrogens (tertiary/aromatic N) is 1. The fourth-order valence-corrected chi connectivity index (χ4v) is 3.30. The second-order valence-corrected chi connectivity index (χ2v) is 8.89. The Bertz CT molecular complexity index is 609. The lowest BCUT2D eigenvalue weighted by Gasteiger charge is -2.34. The number of ether oxygens (including phenoxy) is 1. The van der Waals surface area contributed by atoms with Crippen molar-refractivity contribution in [1.82, 2.24) is 15.5 Å². The van der Waals surface area contributed by atoms with Gasteiger partial charge in [0.25, 0.3) is 5.91 Å². The first-order valence-electron chi connectivity index (χ1n) is 7.04. The number of morpholine rings is 1. The van der Waals surface area contributed by atoms with Crippen LogP contribution in [0.2, 0.25) is 0 Å². The maximum Gasteiger partial charge on any atom is 0.254 e. The standard InChI is InChI=1S/C14H15Cl3IN3O2S/c15-14(16,17)12(20-13(24)21-5-7-23-8-6-21)19-11(22)9-3-1-2-4-10(9)18/h1-4,12H,5-8H2,(H,19,22)(H,20,24)/t12-/m0/s1. The van der Waals surface area contributed by atoms with E-state index in [4.69, 9.17) is 51.8 Å². The Labute approximate surface area is 174 Å². The minimum Gasteiger partial charge on any atom is -0.378 e. The minimum absolute atomic E-state index is 0.353. The SMILES string of the molecule is O=C(N[C@@H](NC(=S)N1CCOCC1)C(Cl)(Cl)Cl)c1ccccc1I. The number of rotatable bonds is 3. The summed E-state index contributed by atoms with van der Waals surface area (Å²) in [7, 11) is 0. The van der Waals surface area contributed by atoms with E-state index in [1.807, 2.05) is 17.0 Å². The van der Waals surface area contributed by atoms with Gasteiger partial charge in [0.2, 0.25) is 3.79 Å². The number of halogens is 4. The number of carbonyl (C=O) groups excluding carboxylic acids is 1. The van der Waals surface area contributed by atoms with Crippen LogP contribution in [0.5, 0.6) is 0 Å². The van der Waals surface area contributed by atoms with E-state index in [1.54, 1.807) is 12.1 Å². The summed E-state index contributed by atoms with van der Waals surface area (Å²) in [6.45, 7) is 2.44. The van der Waals surface area contributed by atoms with E-state index in [0.29, 0.717) is 37.0 Å². The van der Waals surface area contributed by atoms with Crippen LogP contribution in [0.1, 0.15) is 10.4 Å². The quantitative estimate of drug-likeness (QED) is 0.277. The van der Waals surface area contributed by atoms with E-state index in [9.17, 15) is 4.79 Å². The summed E-state index contributed by atoms with van der Waals surface area (Å²) in [5.74, 6) is -0.353. The van der Waals surface area contributed by atoms with Crippen LogP contribution in [0.3, 0.4) is 0 Å². The third kappa shape index (κ3) is 5.74. The molecule has 1 amide bonds. The van der Waals surface area contributed by atoms with E-state index < -0.39 is 9.96 Å². The van der Waals surface area contributed by atoms with Gasteiger partial charge in [0.05, 0.1) is 18.8 Å². The lowest BCUT2D eigenvalue weighted by Crippen LogP contribution is -2.59. The molecule has 0 unspecified atom stereocenters. The first-order chi connectivity index (χ1) is 11.3. The maximum atomic E-state index is 12.5. The molecule has 1 aliphatic rings. The molecule has 1 fully saturated rings. The van der Waals surface area contributed by atoms with E-state index >= 15 is 0 Å². The molecule has 132 valence electrons. The number of hydrogen-bond donors (Lipinski definition) is 2. The topological polar surface area (TPSA) is 53.6 Å². The largest absolute Gasteiger partial charge is 0.378 e. The minimum atomic E-state index is -1.77. The van der Waals surface area contributed by atoms with E-state index in [1.165, 1.54) is 0 Å². The molecule has 24 heavy (non-hydrogen) atoms. The predicted molar refractivity (Wildman–Crippen MR) is 109 cm³/mol. The monoisotopic (exact) mass is 521 g/mol. The van der Waals surface area contributed by atoms with Crippen LogP contribution in [-0.4, -0.2) is 52.2 Å². The fraction of sp³-hybridized carbons (Fsp3) is 0.429. The second-order valence-electron chi connectivity index (χ2n) is 4.98. The zero-order valence-electron chi connectivity index (χ0n) is 12.4. The summed E-state index contributed by atoms with van der Waals surface area (Å²) >= 11 is 25.4. The van der Waals surface area contributed by atoms with Crippen molar-refractivity contribution in [3.8, 4) is 0 Å². The third-order valence-electron chi connectivity index (χ3n) is 3.29. The lowest BCUT2D eigenvalue weighted by atomic mass is 10.2. The van der Waals surface area contributed by atoms with Crippen LogP contribution >= 0.6 is 69.6 Å². The summed E-state index contributed by atoms with van der Waals surface area (Å²) in [6.07, 6.45) is -0.971. The van der Waals surface area contributed by atoms with Gasteiger partial charge < -0.3 is 20.3 Å². The summed E-state index contributed by atoms with van der Waals surface area (Å²) in [4.78, 5) is 14.4. The Hall–Kier alpha value is -0.0600. The van der Waals surface area contributed by atoms with Crippen LogP contribution in [0.25, 0.3) is 0 Å². The van der Waals surface area contributed by atoms with Crippen LogP contribution < -0.4 is 10.6 Å². The highest BCUT2D eigenvalue weighted by molar-refractivity contribution is 14.1. The van der Waals surface area contributed by atoms with Crippen molar-refractivity contribution in [2.75, 3.05) is 26.3 Å². The molecule has 1 saturated heterocycles. The molecule has 1 atom stereocenters. The molecule has 1 aromatic carbocycles. The summed E-state index contributed by atoms with van der Waals surface area (Å²) in [6, 6.07) is 7.14. The fourth-order valence-electron chi connectivity index (χ4n) is 2.04. The average molecular weight is 523 g/mol. The lowest BCUT2D eigenvalue weighted by molar-refractivity contribution is 0.0671. The van der Waals surface area contributed by atoms with Gasteiger partial charge in [-0.25, -0.2) is 0 Å². The molecule has 1 heterocycles. The molecule has 0 bridgehead atoms. The molecule has 10 heteroatoms. The van der Waals surface area contributed by atoms with Gasteiger partial charge in [-0.15, -0.1) is 0 Å². The van der Waals surface area contributed by atoms with Crippen molar-refractivity contribution in [2.24, 2.45) is 0 Å². The molecule has 1 aliphatic heterocycles. The molecule has 5 nitrogen and oxygen atoms in total. The average Bonchev–Trinajstić information content (AvgIpc) is 2.54. The number of nitrogens with one attached hydrogen (secondary N) is 2. The Morgan fingerprint density at radius 1 is 1.25 bits per heavy atom. The van der Waals surface area contributed by atoms with Gasteiger partial charge in [0.15, 0.2) is 5.11 Å². The molecular formula is C14H15Cl3IN3O2S.